The number of aryl methyl sites for hydroxylation is 3. The highest BCUT2D eigenvalue weighted by Gasteiger charge is 2.18. The van der Waals surface area contributed by atoms with Crippen LogP contribution in [0.1, 0.15) is 28.5 Å². The SMILES string of the molecule is CCn1nc(C(=O)Nc2cc(C)ccc2C)c(=O)c2cc(Cl)ccc21. The Kier molecular flexibility index (Phi) is 4.59. The van der Waals surface area contributed by atoms with Crippen molar-refractivity contribution in [3.05, 3.63) is 68.5 Å². The largest absolute Gasteiger partial charge is 0.320 e. The van der Waals surface area contributed by atoms with Crippen LogP contribution in [0.4, 0.5) is 5.69 Å². The quantitative estimate of drug-likeness (QED) is 0.774. The van der Waals surface area contributed by atoms with E-state index < -0.39 is 11.3 Å². The van der Waals surface area contributed by atoms with Gasteiger partial charge in [0.15, 0.2) is 5.69 Å². The van der Waals surface area contributed by atoms with E-state index in [2.05, 4.69) is 10.4 Å². The predicted molar refractivity (Wildman–Crippen MR) is 101 cm³/mol. The van der Waals surface area contributed by atoms with Gasteiger partial charge in [-0.15, -0.1) is 0 Å². The Hall–Kier alpha value is -2.66. The summed E-state index contributed by atoms with van der Waals surface area (Å²) in [5.74, 6) is -0.525. The fourth-order valence-electron chi connectivity index (χ4n) is 2.70. The Labute approximate surface area is 150 Å². The first-order chi connectivity index (χ1) is 11.9. The van der Waals surface area contributed by atoms with Crippen molar-refractivity contribution in [1.82, 2.24) is 9.78 Å². The molecule has 0 unspecified atom stereocenters. The standard InChI is InChI=1S/C19H18ClN3O2/c1-4-23-16-8-7-13(20)10-14(16)18(24)17(22-23)19(25)21-15-9-11(2)5-6-12(15)3/h5-10H,4H2,1-3H3,(H,21,25). The normalized spacial score (nSPS) is 10.9. The molecule has 2 aromatic carbocycles. The number of hydrogen-bond donors (Lipinski definition) is 1. The van der Waals surface area contributed by atoms with Crippen molar-refractivity contribution in [3.8, 4) is 0 Å². The monoisotopic (exact) mass is 355 g/mol. The lowest BCUT2D eigenvalue weighted by Crippen LogP contribution is -2.27. The van der Waals surface area contributed by atoms with Gasteiger partial charge in [-0.25, -0.2) is 0 Å². The van der Waals surface area contributed by atoms with Gasteiger partial charge in [-0.1, -0.05) is 23.7 Å². The summed E-state index contributed by atoms with van der Waals surface area (Å²) in [5, 5.41) is 7.87. The van der Waals surface area contributed by atoms with E-state index in [1.54, 1.807) is 22.9 Å². The topological polar surface area (TPSA) is 64.0 Å². The summed E-state index contributed by atoms with van der Waals surface area (Å²) < 4.78 is 1.63. The third-order valence-corrected chi connectivity index (χ3v) is 4.31. The van der Waals surface area contributed by atoms with E-state index in [1.165, 1.54) is 0 Å². The molecule has 5 nitrogen and oxygen atoms in total. The van der Waals surface area contributed by atoms with Crippen LogP contribution in [0, 0.1) is 13.8 Å². The molecule has 0 aliphatic rings. The molecule has 128 valence electrons. The van der Waals surface area contributed by atoms with Crippen molar-refractivity contribution in [2.75, 3.05) is 5.32 Å². The number of carbonyl (C=O) groups is 1. The maximum Gasteiger partial charge on any atom is 0.280 e. The molecule has 1 N–H and O–H groups in total. The highest BCUT2D eigenvalue weighted by molar-refractivity contribution is 6.31. The molecule has 0 spiro atoms. The van der Waals surface area contributed by atoms with E-state index in [4.69, 9.17) is 11.6 Å². The molecule has 3 aromatic rings. The van der Waals surface area contributed by atoms with Gasteiger partial charge in [-0.3, -0.25) is 14.3 Å². The molecule has 25 heavy (non-hydrogen) atoms. The molecule has 1 amide bonds. The third kappa shape index (κ3) is 3.28. The number of anilines is 1. The lowest BCUT2D eigenvalue weighted by molar-refractivity contribution is 0.101. The van der Waals surface area contributed by atoms with E-state index in [-0.39, 0.29) is 5.69 Å². The van der Waals surface area contributed by atoms with Gasteiger partial charge in [0.05, 0.1) is 10.9 Å². The summed E-state index contributed by atoms with van der Waals surface area (Å²) in [4.78, 5) is 25.4. The zero-order valence-electron chi connectivity index (χ0n) is 14.3. The summed E-state index contributed by atoms with van der Waals surface area (Å²) in [5.41, 5.74) is 2.69. The molecule has 0 saturated carbocycles. The summed E-state index contributed by atoms with van der Waals surface area (Å²) in [6.07, 6.45) is 0. The first kappa shape index (κ1) is 17.2. The Morgan fingerprint density at radius 3 is 2.68 bits per heavy atom. The molecule has 0 saturated heterocycles. The highest BCUT2D eigenvalue weighted by Crippen LogP contribution is 2.19. The fraction of sp³-hybridized carbons (Fsp3) is 0.211. The minimum Gasteiger partial charge on any atom is -0.320 e. The van der Waals surface area contributed by atoms with E-state index >= 15 is 0 Å². The van der Waals surface area contributed by atoms with Crippen molar-refractivity contribution >= 4 is 34.1 Å². The van der Waals surface area contributed by atoms with Gasteiger partial charge < -0.3 is 5.32 Å². The van der Waals surface area contributed by atoms with E-state index in [0.717, 1.165) is 11.1 Å². The van der Waals surface area contributed by atoms with Crippen molar-refractivity contribution in [2.45, 2.75) is 27.3 Å². The number of carbonyl (C=O) groups excluding carboxylic acids is 1. The number of aromatic nitrogens is 2. The first-order valence-electron chi connectivity index (χ1n) is 7.99. The fourth-order valence-corrected chi connectivity index (χ4v) is 2.88. The van der Waals surface area contributed by atoms with Crippen molar-refractivity contribution in [1.29, 1.82) is 0 Å². The predicted octanol–water partition coefficient (Wildman–Crippen LogP) is 3.94. The van der Waals surface area contributed by atoms with Crippen LogP contribution in [-0.2, 0) is 6.54 Å². The van der Waals surface area contributed by atoms with Crippen LogP contribution in [-0.4, -0.2) is 15.7 Å². The summed E-state index contributed by atoms with van der Waals surface area (Å²) >= 11 is 6.02. The van der Waals surface area contributed by atoms with Crippen LogP contribution >= 0.6 is 11.6 Å². The number of benzene rings is 2. The summed E-state index contributed by atoms with van der Waals surface area (Å²) in [7, 11) is 0. The molecule has 0 fully saturated rings. The van der Waals surface area contributed by atoms with E-state index in [0.29, 0.717) is 28.2 Å². The maximum absolute atomic E-state index is 12.7. The molecule has 0 bridgehead atoms. The Morgan fingerprint density at radius 2 is 1.96 bits per heavy atom. The molecular formula is C19H18ClN3O2. The second-order valence-corrected chi connectivity index (χ2v) is 6.36. The number of nitrogens with one attached hydrogen (secondary N) is 1. The van der Waals surface area contributed by atoms with Crippen LogP contribution in [0.15, 0.2) is 41.2 Å². The second kappa shape index (κ2) is 6.69. The van der Waals surface area contributed by atoms with Crippen molar-refractivity contribution in [2.24, 2.45) is 0 Å². The summed E-state index contributed by atoms with van der Waals surface area (Å²) in [6.45, 7) is 6.27. The minimum atomic E-state index is -0.525. The lowest BCUT2D eigenvalue weighted by Gasteiger charge is -2.12. The van der Waals surface area contributed by atoms with E-state index in [9.17, 15) is 9.59 Å². The second-order valence-electron chi connectivity index (χ2n) is 5.93. The number of fused-ring (bicyclic) bond motifs is 1. The number of rotatable bonds is 3. The molecule has 0 radical (unpaired) electrons. The lowest BCUT2D eigenvalue weighted by atomic mass is 10.1. The molecule has 6 heteroatoms. The number of nitrogens with zero attached hydrogens (tertiary/aromatic N) is 2. The number of amides is 1. The van der Waals surface area contributed by atoms with Crippen LogP contribution in [0.5, 0.6) is 0 Å². The van der Waals surface area contributed by atoms with Crippen LogP contribution in [0.3, 0.4) is 0 Å². The van der Waals surface area contributed by atoms with Gasteiger partial charge in [0.25, 0.3) is 5.91 Å². The number of halogens is 1. The van der Waals surface area contributed by atoms with Gasteiger partial charge in [-0.2, -0.15) is 5.10 Å². The molecule has 3 rings (SSSR count). The molecule has 0 aliphatic carbocycles. The molecule has 0 atom stereocenters. The zero-order valence-corrected chi connectivity index (χ0v) is 15.0. The average Bonchev–Trinajstić information content (AvgIpc) is 2.58. The smallest absolute Gasteiger partial charge is 0.280 e. The minimum absolute atomic E-state index is 0.141. The maximum atomic E-state index is 12.7. The Morgan fingerprint density at radius 1 is 1.20 bits per heavy atom. The Bertz CT molecular complexity index is 1040. The van der Waals surface area contributed by atoms with Crippen LogP contribution < -0.4 is 10.7 Å². The molecule has 1 heterocycles. The molecule has 0 aliphatic heterocycles. The summed E-state index contributed by atoms with van der Waals surface area (Å²) in [6, 6.07) is 10.8. The molecule has 1 aromatic heterocycles. The van der Waals surface area contributed by atoms with Gasteiger partial charge in [0, 0.05) is 17.3 Å². The van der Waals surface area contributed by atoms with Gasteiger partial charge >= 0.3 is 0 Å². The van der Waals surface area contributed by atoms with Crippen molar-refractivity contribution < 1.29 is 4.79 Å². The van der Waals surface area contributed by atoms with Gasteiger partial charge in [-0.05, 0) is 56.2 Å². The third-order valence-electron chi connectivity index (χ3n) is 4.07. The van der Waals surface area contributed by atoms with Gasteiger partial charge in [0.1, 0.15) is 0 Å². The van der Waals surface area contributed by atoms with Gasteiger partial charge in [0.2, 0.25) is 5.43 Å². The van der Waals surface area contributed by atoms with Crippen molar-refractivity contribution in [3.63, 3.8) is 0 Å². The zero-order chi connectivity index (χ0) is 18.1. The average molecular weight is 356 g/mol. The number of hydrogen-bond acceptors (Lipinski definition) is 3. The molecular weight excluding hydrogens is 338 g/mol. The Balaban J connectivity index is 2.11. The van der Waals surface area contributed by atoms with E-state index in [1.807, 2.05) is 39.0 Å². The van der Waals surface area contributed by atoms with Crippen LogP contribution in [0.25, 0.3) is 10.9 Å². The first-order valence-corrected chi connectivity index (χ1v) is 8.37. The van der Waals surface area contributed by atoms with Crippen LogP contribution in [0.2, 0.25) is 5.02 Å². The highest BCUT2D eigenvalue weighted by atomic mass is 35.5.